The van der Waals surface area contributed by atoms with Crippen LogP contribution in [0.15, 0.2) is 5.51 Å². The smallest absolute Gasteiger partial charge is 0.232 e. The number of nitrogens with one attached hydrogen (secondary N) is 1. The van der Waals surface area contributed by atoms with Gasteiger partial charge in [0.1, 0.15) is 0 Å². The van der Waals surface area contributed by atoms with Crippen LogP contribution >= 0.6 is 23.6 Å². The Bertz CT molecular complexity index is 412. The van der Waals surface area contributed by atoms with Crippen LogP contribution in [0, 0.1) is 12.3 Å². The van der Waals surface area contributed by atoms with Crippen LogP contribution in [-0.4, -0.2) is 15.9 Å². The van der Waals surface area contributed by atoms with E-state index in [0.717, 1.165) is 10.6 Å². The van der Waals surface area contributed by atoms with Crippen LogP contribution in [0.2, 0.25) is 0 Å². The molecule has 0 fully saturated rings. The van der Waals surface area contributed by atoms with Gasteiger partial charge in [0.2, 0.25) is 5.91 Å². The van der Waals surface area contributed by atoms with Crippen molar-refractivity contribution in [1.82, 2.24) is 10.3 Å². The molecule has 0 aromatic carbocycles. The Labute approximate surface area is 104 Å². The number of thiazole rings is 1. The van der Waals surface area contributed by atoms with E-state index in [9.17, 15) is 4.79 Å². The maximum Gasteiger partial charge on any atom is 0.232 e. The lowest BCUT2D eigenvalue weighted by molar-refractivity contribution is -0.126. The first-order valence-electron chi connectivity index (χ1n) is 4.83. The Morgan fingerprint density at radius 2 is 2.31 bits per heavy atom. The number of thiocarbonyl (C=S) groups is 1. The van der Waals surface area contributed by atoms with Crippen LogP contribution < -0.4 is 11.1 Å². The number of nitrogens with two attached hydrogens (primary N) is 1. The zero-order valence-corrected chi connectivity index (χ0v) is 11.2. The van der Waals surface area contributed by atoms with Crippen LogP contribution in [0.4, 0.5) is 0 Å². The van der Waals surface area contributed by atoms with Gasteiger partial charge in [0, 0.05) is 4.88 Å². The van der Waals surface area contributed by atoms with Crippen LogP contribution in [0.3, 0.4) is 0 Å². The summed E-state index contributed by atoms with van der Waals surface area (Å²) in [6, 6.07) is 0. The highest BCUT2D eigenvalue weighted by Crippen LogP contribution is 2.17. The van der Waals surface area contributed by atoms with E-state index in [1.807, 2.05) is 6.92 Å². The minimum atomic E-state index is -0.812. The van der Waals surface area contributed by atoms with Crippen molar-refractivity contribution in [2.75, 3.05) is 0 Å². The van der Waals surface area contributed by atoms with Gasteiger partial charge in [-0.25, -0.2) is 4.98 Å². The molecule has 1 heterocycles. The molecule has 16 heavy (non-hydrogen) atoms. The maximum atomic E-state index is 11.8. The number of aromatic nitrogens is 1. The summed E-state index contributed by atoms with van der Waals surface area (Å²) >= 11 is 6.38. The Balaban J connectivity index is 2.60. The van der Waals surface area contributed by atoms with Gasteiger partial charge in [0.15, 0.2) is 0 Å². The Morgan fingerprint density at radius 3 is 2.75 bits per heavy atom. The van der Waals surface area contributed by atoms with Crippen molar-refractivity contribution in [1.29, 1.82) is 0 Å². The number of amides is 1. The number of rotatable bonds is 4. The topological polar surface area (TPSA) is 68.0 Å². The van der Waals surface area contributed by atoms with E-state index in [4.69, 9.17) is 18.0 Å². The Hall–Kier alpha value is -1.01. The summed E-state index contributed by atoms with van der Waals surface area (Å²) < 4.78 is 0. The van der Waals surface area contributed by atoms with Gasteiger partial charge in [-0.1, -0.05) is 12.2 Å². The minimum Gasteiger partial charge on any atom is -0.392 e. The third kappa shape index (κ3) is 2.76. The predicted molar refractivity (Wildman–Crippen MR) is 69.3 cm³/mol. The molecule has 0 spiro atoms. The van der Waals surface area contributed by atoms with Crippen molar-refractivity contribution in [3.63, 3.8) is 0 Å². The number of carbonyl (C=O) groups is 1. The molecule has 0 aliphatic carbocycles. The second kappa shape index (κ2) is 4.88. The average molecular weight is 257 g/mol. The lowest BCUT2D eigenvalue weighted by Gasteiger charge is -2.21. The molecule has 0 saturated carbocycles. The van der Waals surface area contributed by atoms with Gasteiger partial charge in [-0.3, -0.25) is 4.79 Å². The maximum absolute atomic E-state index is 11.8. The van der Waals surface area contributed by atoms with Crippen molar-refractivity contribution in [2.45, 2.75) is 27.3 Å². The lowest BCUT2D eigenvalue weighted by atomic mass is 9.92. The highest BCUT2D eigenvalue weighted by atomic mass is 32.1. The molecule has 4 nitrogen and oxygen atoms in total. The molecule has 0 aliphatic heterocycles. The second-order valence-electron chi connectivity index (χ2n) is 4.03. The predicted octanol–water partition coefficient (Wildman–Crippen LogP) is 1.38. The first kappa shape index (κ1) is 13.1. The molecule has 88 valence electrons. The van der Waals surface area contributed by atoms with Crippen LogP contribution in [-0.2, 0) is 11.3 Å². The van der Waals surface area contributed by atoms with E-state index in [1.165, 1.54) is 11.3 Å². The molecular weight excluding hydrogens is 242 g/mol. The normalized spacial score (nSPS) is 11.2. The Kier molecular flexibility index (Phi) is 3.98. The van der Waals surface area contributed by atoms with Gasteiger partial charge in [-0.2, -0.15) is 0 Å². The first-order valence-corrected chi connectivity index (χ1v) is 6.11. The zero-order chi connectivity index (χ0) is 12.3. The van der Waals surface area contributed by atoms with Gasteiger partial charge in [0.05, 0.1) is 28.2 Å². The summed E-state index contributed by atoms with van der Waals surface area (Å²) in [5.74, 6) is -0.159. The van der Waals surface area contributed by atoms with E-state index < -0.39 is 5.41 Å². The average Bonchev–Trinajstić information content (AvgIpc) is 2.60. The minimum absolute atomic E-state index is 0.159. The summed E-state index contributed by atoms with van der Waals surface area (Å²) in [4.78, 5) is 17.2. The largest absolute Gasteiger partial charge is 0.392 e. The summed E-state index contributed by atoms with van der Waals surface area (Å²) in [5, 5.41) is 2.81. The fourth-order valence-electron chi connectivity index (χ4n) is 0.989. The summed E-state index contributed by atoms with van der Waals surface area (Å²) in [6.07, 6.45) is 0. The third-order valence-electron chi connectivity index (χ3n) is 2.44. The van der Waals surface area contributed by atoms with Gasteiger partial charge >= 0.3 is 0 Å². The number of nitrogens with zero attached hydrogens (tertiary/aromatic N) is 1. The van der Waals surface area contributed by atoms with Crippen molar-refractivity contribution >= 4 is 34.5 Å². The molecular formula is C10H15N3OS2. The third-order valence-corrected chi connectivity index (χ3v) is 3.88. The molecule has 0 bridgehead atoms. The fraction of sp³-hybridized carbons (Fsp3) is 0.500. The van der Waals surface area contributed by atoms with Gasteiger partial charge in [-0.15, -0.1) is 11.3 Å². The second-order valence-corrected chi connectivity index (χ2v) is 5.41. The van der Waals surface area contributed by atoms with Gasteiger partial charge in [-0.05, 0) is 20.8 Å². The van der Waals surface area contributed by atoms with E-state index in [0.29, 0.717) is 6.54 Å². The fourth-order valence-corrected chi connectivity index (χ4v) is 1.80. The standard InChI is InChI=1S/C10H15N3OS2/c1-6-7(16-5-13-6)4-12-9(14)10(2,3)8(11)15/h5H,4H2,1-3H3,(H2,11,15)(H,12,14). The molecule has 1 aromatic heterocycles. The zero-order valence-electron chi connectivity index (χ0n) is 9.53. The lowest BCUT2D eigenvalue weighted by Crippen LogP contribution is -2.44. The van der Waals surface area contributed by atoms with Crippen LogP contribution in [0.25, 0.3) is 0 Å². The summed E-state index contributed by atoms with van der Waals surface area (Å²) in [7, 11) is 0. The van der Waals surface area contributed by atoms with Gasteiger partial charge < -0.3 is 11.1 Å². The van der Waals surface area contributed by atoms with Gasteiger partial charge in [0.25, 0.3) is 0 Å². The number of aryl methyl sites for hydroxylation is 1. The number of carbonyl (C=O) groups excluding carboxylic acids is 1. The Morgan fingerprint density at radius 1 is 1.69 bits per heavy atom. The van der Waals surface area contributed by atoms with E-state index >= 15 is 0 Å². The van der Waals surface area contributed by atoms with E-state index in [1.54, 1.807) is 19.4 Å². The molecule has 1 amide bonds. The summed E-state index contributed by atoms with van der Waals surface area (Å²) in [6.45, 7) is 5.81. The number of hydrogen-bond acceptors (Lipinski definition) is 4. The summed E-state index contributed by atoms with van der Waals surface area (Å²) in [5.41, 5.74) is 7.40. The quantitative estimate of drug-likeness (QED) is 0.800. The monoisotopic (exact) mass is 257 g/mol. The van der Waals surface area contributed by atoms with Crippen LogP contribution in [0.1, 0.15) is 24.4 Å². The first-order chi connectivity index (χ1) is 7.35. The molecule has 0 atom stereocenters. The number of hydrogen-bond donors (Lipinski definition) is 2. The van der Waals surface area contributed by atoms with E-state index in [2.05, 4.69) is 10.3 Å². The van der Waals surface area contributed by atoms with E-state index in [-0.39, 0.29) is 10.9 Å². The van der Waals surface area contributed by atoms with Crippen molar-refractivity contribution in [3.8, 4) is 0 Å². The molecule has 0 radical (unpaired) electrons. The molecule has 0 saturated heterocycles. The molecule has 3 N–H and O–H groups in total. The highest BCUT2D eigenvalue weighted by Gasteiger charge is 2.30. The molecule has 6 heteroatoms. The van der Waals surface area contributed by atoms with Crippen molar-refractivity contribution in [2.24, 2.45) is 11.1 Å². The molecule has 0 unspecified atom stereocenters. The van der Waals surface area contributed by atoms with Crippen LogP contribution in [0.5, 0.6) is 0 Å². The molecule has 1 rings (SSSR count). The SMILES string of the molecule is Cc1ncsc1CNC(=O)C(C)(C)C(N)=S. The van der Waals surface area contributed by atoms with Crippen molar-refractivity contribution in [3.05, 3.63) is 16.1 Å². The highest BCUT2D eigenvalue weighted by molar-refractivity contribution is 7.80. The van der Waals surface area contributed by atoms with Crippen molar-refractivity contribution < 1.29 is 4.79 Å². The molecule has 0 aliphatic rings. The molecule has 1 aromatic rings.